The van der Waals surface area contributed by atoms with E-state index < -0.39 is 6.04 Å². The van der Waals surface area contributed by atoms with E-state index in [1.54, 1.807) is 31.2 Å². The van der Waals surface area contributed by atoms with Gasteiger partial charge in [0.25, 0.3) is 5.91 Å². The highest BCUT2D eigenvalue weighted by molar-refractivity contribution is 6.32. The van der Waals surface area contributed by atoms with Crippen molar-refractivity contribution < 1.29 is 14.3 Å². The number of rotatable bonds is 10. The predicted molar refractivity (Wildman–Crippen MR) is 111 cm³/mol. The molecule has 28 heavy (non-hydrogen) atoms. The fraction of sp³-hybridized carbons (Fsp3) is 0.364. The van der Waals surface area contributed by atoms with Gasteiger partial charge in [-0.1, -0.05) is 67.4 Å². The van der Waals surface area contributed by atoms with Gasteiger partial charge in [-0.15, -0.1) is 0 Å². The number of hydrogen-bond acceptors (Lipinski definition) is 3. The lowest BCUT2D eigenvalue weighted by atomic mass is 10.1. The lowest BCUT2D eigenvalue weighted by Gasteiger charge is -2.28. The molecule has 6 heteroatoms. The van der Waals surface area contributed by atoms with Crippen molar-refractivity contribution in [3.63, 3.8) is 0 Å². The summed E-state index contributed by atoms with van der Waals surface area (Å²) in [5.74, 6) is -0.00498. The fourth-order valence-electron chi connectivity index (χ4n) is 2.68. The van der Waals surface area contributed by atoms with Crippen molar-refractivity contribution in [3.05, 3.63) is 65.2 Å². The molecule has 2 amide bonds. The molecule has 0 aliphatic carbocycles. The summed E-state index contributed by atoms with van der Waals surface area (Å²) in [5.41, 5.74) is 0.946. The molecule has 0 spiro atoms. The smallest absolute Gasteiger partial charge is 0.261 e. The summed E-state index contributed by atoms with van der Waals surface area (Å²) in [5, 5.41) is 3.33. The summed E-state index contributed by atoms with van der Waals surface area (Å²) in [6, 6.07) is 16.0. The number of benzene rings is 2. The molecule has 1 atom stereocenters. The van der Waals surface area contributed by atoms with Crippen LogP contribution in [0, 0.1) is 0 Å². The van der Waals surface area contributed by atoms with Gasteiger partial charge >= 0.3 is 0 Å². The maximum absolute atomic E-state index is 12.9. The minimum atomic E-state index is -0.612. The van der Waals surface area contributed by atoms with Gasteiger partial charge in [-0.25, -0.2) is 0 Å². The number of carbonyl (C=O) groups is 2. The molecule has 1 N–H and O–H groups in total. The summed E-state index contributed by atoms with van der Waals surface area (Å²) in [4.78, 5) is 26.9. The molecule has 0 bridgehead atoms. The largest absolute Gasteiger partial charge is 0.482 e. The quantitative estimate of drug-likeness (QED) is 0.610. The molecule has 0 aliphatic rings. The Labute approximate surface area is 171 Å². The molecule has 150 valence electrons. The molecule has 0 fully saturated rings. The van der Waals surface area contributed by atoms with Crippen LogP contribution in [0.2, 0.25) is 5.02 Å². The Bertz CT molecular complexity index is 767. The number of carbonyl (C=O) groups excluding carboxylic acids is 2. The van der Waals surface area contributed by atoms with Gasteiger partial charge in [0.05, 0.1) is 5.02 Å². The second-order valence-corrected chi connectivity index (χ2v) is 6.95. The van der Waals surface area contributed by atoms with Crippen molar-refractivity contribution in [2.24, 2.45) is 0 Å². The summed E-state index contributed by atoms with van der Waals surface area (Å²) in [6.07, 6.45) is 1.90. The SMILES string of the molecule is CCCCNC(=O)[C@@H](C)N(Cc1ccccc1)C(=O)COc1ccccc1Cl. The number of amides is 2. The molecule has 0 aliphatic heterocycles. The van der Waals surface area contributed by atoms with Gasteiger partial charge in [-0.2, -0.15) is 0 Å². The molecule has 0 saturated carbocycles. The zero-order valence-electron chi connectivity index (χ0n) is 16.4. The Morgan fingerprint density at radius 3 is 2.46 bits per heavy atom. The molecule has 0 aromatic heterocycles. The average molecular weight is 403 g/mol. The van der Waals surface area contributed by atoms with Crippen molar-refractivity contribution in [2.45, 2.75) is 39.3 Å². The van der Waals surface area contributed by atoms with Crippen molar-refractivity contribution in [1.82, 2.24) is 10.2 Å². The molecule has 0 radical (unpaired) electrons. The van der Waals surface area contributed by atoms with Crippen LogP contribution < -0.4 is 10.1 Å². The van der Waals surface area contributed by atoms with E-state index in [1.807, 2.05) is 30.3 Å². The first-order valence-electron chi connectivity index (χ1n) is 9.51. The van der Waals surface area contributed by atoms with E-state index in [4.69, 9.17) is 16.3 Å². The normalized spacial score (nSPS) is 11.5. The summed E-state index contributed by atoms with van der Waals surface area (Å²) in [6.45, 7) is 4.53. The van der Waals surface area contributed by atoms with E-state index >= 15 is 0 Å². The first-order chi connectivity index (χ1) is 13.5. The van der Waals surface area contributed by atoms with E-state index in [0.29, 0.717) is 23.9 Å². The molecule has 2 aromatic rings. The molecule has 0 unspecified atom stereocenters. The summed E-state index contributed by atoms with van der Waals surface area (Å²) in [7, 11) is 0. The van der Waals surface area contributed by atoms with E-state index in [0.717, 1.165) is 18.4 Å². The second kappa shape index (κ2) is 11.3. The maximum atomic E-state index is 12.9. The van der Waals surface area contributed by atoms with Crippen molar-refractivity contribution in [3.8, 4) is 5.75 Å². The van der Waals surface area contributed by atoms with E-state index in [2.05, 4.69) is 12.2 Å². The molecule has 2 aromatic carbocycles. The van der Waals surface area contributed by atoms with Crippen LogP contribution in [0.4, 0.5) is 0 Å². The third-order valence-corrected chi connectivity index (χ3v) is 4.69. The van der Waals surface area contributed by atoms with Gasteiger partial charge in [0.2, 0.25) is 5.91 Å². The van der Waals surface area contributed by atoms with Crippen LogP contribution in [-0.2, 0) is 16.1 Å². The third-order valence-electron chi connectivity index (χ3n) is 4.38. The van der Waals surface area contributed by atoms with Crippen LogP contribution in [0.3, 0.4) is 0 Å². The van der Waals surface area contributed by atoms with E-state index in [1.165, 1.54) is 4.90 Å². The number of ether oxygens (including phenoxy) is 1. The molecular formula is C22H27ClN2O3. The summed E-state index contributed by atoms with van der Waals surface area (Å²) >= 11 is 6.09. The standard InChI is InChI=1S/C22H27ClN2O3/c1-3-4-14-24-22(27)17(2)25(15-18-10-6-5-7-11-18)21(26)16-28-20-13-9-8-12-19(20)23/h5-13,17H,3-4,14-16H2,1-2H3,(H,24,27)/t17-/m1/s1. The molecule has 5 nitrogen and oxygen atoms in total. The highest BCUT2D eigenvalue weighted by Gasteiger charge is 2.26. The van der Waals surface area contributed by atoms with Crippen molar-refractivity contribution in [1.29, 1.82) is 0 Å². The Morgan fingerprint density at radius 1 is 1.11 bits per heavy atom. The maximum Gasteiger partial charge on any atom is 0.261 e. The number of nitrogens with one attached hydrogen (secondary N) is 1. The minimum Gasteiger partial charge on any atom is -0.482 e. The number of hydrogen-bond donors (Lipinski definition) is 1. The van der Waals surface area contributed by atoms with E-state index in [9.17, 15) is 9.59 Å². The fourth-order valence-corrected chi connectivity index (χ4v) is 2.87. The number of nitrogens with zero attached hydrogens (tertiary/aromatic N) is 1. The number of halogens is 1. The lowest BCUT2D eigenvalue weighted by Crippen LogP contribution is -2.49. The molecule has 2 rings (SSSR count). The Morgan fingerprint density at radius 2 is 1.79 bits per heavy atom. The summed E-state index contributed by atoms with van der Waals surface area (Å²) < 4.78 is 5.59. The Hall–Kier alpha value is -2.53. The average Bonchev–Trinajstić information content (AvgIpc) is 2.71. The topological polar surface area (TPSA) is 58.6 Å². The zero-order valence-corrected chi connectivity index (χ0v) is 17.1. The van der Waals surface area contributed by atoms with Crippen LogP contribution in [0.25, 0.3) is 0 Å². The van der Waals surface area contributed by atoms with Gasteiger partial charge in [0, 0.05) is 13.1 Å². The van der Waals surface area contributed by atoms with Crippen LogP contribution in [0.15, 0.2) is 54.6 Å². The number of unbranched alkanes of at least 4 members (excludes halogenated alkanes) is 1. The molecule has 0 saturated heterocycles. The lowest BCUT2D eigenvalue weighted by molar-refractivity contribution is -0.142. The van der Waals surface area contributed by atoms with Crippen LogP contribution in [0.1, 0.15) is 32.3 Å². The molecular weight excluding hydrogens is 376 g/mol. The zero-order chi connectivity index (χ0) is 20.4. The van der Waals surface area contributed by atoms with Crippen LogP contribution >= 0.6 is 11.6 Å². The predicted octanol–water partition coefficient (Wildman–Crippen LogP) is 4.05. The first kappa shape index (κ1) is 21.8. The van der Waals surface area contributed by atoms with Gasteiger partial charge in [0.1, 0.15) is 11.8 Å². The third kappa shape index (κ3) is 6.57. The highest BCUT2D eigenvalue weighted by atomic mass is 35.5. The van der Waals surface area contributed by atoms with E-state index in [-0.39, 0.29) is 18.4 Å². The Balaban J connectivity index is 2.08. The number of para-hydroxylation sites is 1. The highest BCUT2D eigenvalue weighted by Crippen LogP contribution is 2.23. The first-order valence-corrected chi connectivity index (χ1v) is 9.89. The van der Waals surface area contributed by atoms with Gasteiger partial charge in [0.15, 0.2) is 6.61 Å². The molecule has 0 heterocycles. The van der Waals surface area contributed by atoms with Crippen molar-refractivity contribution >= 4 is 23.4 Å². The van der Waals surface area contributed by atoms with Gasteiger partial charge in [-0.3, -0.25) is 9.59 Å². The monoisotopic (exact) mass is 402 g/mol. The Kier molecular flexibility index (Phi) is 8.82. The second-order valence-electron chi connectivity index (χ2n) is 6.55. The minimum absolute atomic E-state index is 0.171. The van der Waals surface area contributed by atoms with Gasteiger partial charge in [-0.05, 0) is 31.0 Å². The van der Waals surface area contributed by atoms with Crippen LogP contribution in [-0.4, -0.2) is 35.9 Å². The van der Waals surface area contributed by atoms with Crippen LogP contribution in [0.5, 0.6) is 5.75 Å². The van der Waals surface area contributed by atoms with Crippen molar-refractivity contribution in [2.75, 3.05) is 13.2 Å². The van der Waals surface area contributed by atoms with Gasteiger partial charge < -0.3 is 15.0 Å².